The van der Waals surface area contributed by atoms with E-state index in [9.17, 15) is 9.59 Å². The van der Waals surface area contributed by atoms with Gasteiger partial charge in [-0.25, -0.2) is 4.68 Å². The summed E-state index contributed by atoms with van der Waals surface area (Å²) in [5, 5.41) is 8.33. The van der Waals surface area contributed by atoms with E-state index < -0.39 is 5.97 Å². The zero-order valence-electron chi connectivity index (χ0n) is 14.8. The SMILES string of the molecule is O=C(CCn1nnc2ccccc2c1=O)OCc1cc2c(cc1Br)OCCO2. The molecule has 0 atom stereocenters. The van der Waals surface area contributed by atoms with Gasteiger partial charge < -0.3 is 14.2 Å². The van der Waals surface area contributed by atoms with Crippen LogP contribution < -0.4 is 15.0 Å². The van der Waals surface area contributed by atoms with E-state index in [-0.39, 0.29) is 25.1 Å². The lowest BCUT2D eigenvalue weighted by Crippen LogP contribution is -2.25. The molecule has 3 aromatic rings. The fourth-order valence-corrected chi connectivity index (χ4v) is 3.25. The average Bonchev–Trinajstić information content (AvgIpc) is 2.72. The molecule has 0 bridgehead atoms. The molecule has 8 nitrogen and oxygen atoms in total. The summed E-state index contributed by atoms with van der Waals surface area (Å²) in [6, 6.07) is 10.5. The van der Waals surface area contributed by atoms with Crippen molar-refractivity contribution in [2.75, 3.05) is 13.2 Å². The van der Waals surface area contributed by atoms with Gasteiger partial charge in [0, 0.05) is 10.0 Å². The topological polar surface area (TPSA) is 92.5 Å². The van der Waals surface area contributed by atoms with Crippen LogP contribution in [-0.2, 0) is 22.7 Å². The van der Waals surface area contributed by atoms with Crippen molar-refractivity contribution in [1.29, 1.82) is 0 Å². The van der Waals surface area contributed by atoms with Crippen LogP contribution in [0.15, 0.2) is 45.7 Å². The number of aryl methyl sites for hydroxylation is 1. The second kappa shape index (κ2) is 7.97. The van der Waals surface area contributed by atoms with Gasteiger partial charge in [0.15, 0.2) is 11.5 Å². The van der Waals surface area contributed by atoms with Gasteiger partial charge in [0.2, 0.25) is 0 Å². The molecule has 1 aliphatic rings. The standard InChI is InChI=1S/C19H16BrN3O5/c20-14-10-17-16(26-7-8-27-17)9-12(14)11-28-18(24)5-6-23-19(25)13-3-1-2-4-15(13)21-22-23/h1-4,9-10H,5-8,11H2. The van der Waals surface area contributed by atoms with Crippen molar-refractivity contribution in [3.05, 3.63) is 56.8 Å². The molecule has 4 rings (SSSR count). The smallest absolute Gasteiger partial charge is 0.308 e. The van der Waals surface area contributed by atoms with Gasteiger partial charge in [0.05, 0.1) is 18.4 Å². The largest absolute Gasteiger partial charge is 0.486 e. The van der Waals surface area contributed by atoms with E-state index in [2.05, 4.69) is 26.2 Å². The molecule has 0 saturated heterocycles. The van der Waals surface area contributed by atoms with Crippen molar-refractivity contribution < 1.29 is 19.0 Å². The van der Waals surface area contributed by atoms with Gasteiger partial charge in [0.1, 0.15) is 25.3 Å². The lowest BCUT2D eigenvalue weighted by molar-refractivity contribution is -0.145. The number of halogens is 1. The molecule has 2 aromatic carbocycles. The summed E-state index contributed by atoms with van der Waals surface area (Å²) in [6.07, 6.45) is 0.00903. The Kier molecular flexibility index (Phi) is 5.25. The lowest BCUT2D eigenvalue weighted by atomic mass is 10.2. The number of carbonyl (C=O) groups is 1. The molecule has 0 radical (unpaired) electrons. The van der Waals surface area contributed by atoms with Crippen LogP contribution in [0.2, 0.25) is 0 Å². The molecule has 144 valence electrons. The molecule has 0 saturated carbocycles. The van der Waals surface area contributed by atoms with Crippen LogP contribution >= 0.6 is 15.9 Å². The molecule has 1 aromatic heterocycles. The van der Waals surface area contributed by atoms with E-state index in [0.29, 0.717) is 35.6 Å². The molecule has 1 aliphatic heterocycles. The third-order valence-corrected chi connectivity index (χ3v) is 5.00. The molecule has 0 aliphatic carbocycles. The van der Waals surface area contributed by atoms with Gasteiger partial charge in [-0.15, -0.1) is 5.10 Å². The monoisotopic (exact) mass is 445 g/mol. The molecule has 2 heterocycles. The van der Waals surface area contributed by atoms with Crippen LogP contribution in [0.1, 0.15) is 12.0 Å². The average molecular weight is 446 g/mol. The minimum atomic E-state index is -0.441. The summed E-state index contributed by atoms with van der Waals surface area (Å²) in [6.45, 7) is 1.16. The van der Waals surface area contributed by atoms with Crippen molar-refractivity contribution in [3.63, 3.8) is 0 Å². The van der Waals surface area contributed by atoms with E-state index in [0.717, 1.165) is 10.0 Å². The summed E-state index contributed by atoms with van der Waals surface area (Å²) in [4.78, 5) is 24.5. The van der Waals surface area contributed by atoms with Gasteiger partial charge in [-0.3, -0.25) is 9.59 Å². The summed E-state index contributed by atoms with van der Waals surface area (Å²) >= 11 is 3.44. The van der Waals surface area contributed by atoms with Crippen molar-refractivity contribution in [2.24, 2.45) is 0 Å². The Morgan fingerprint density at radius 1 is 1.18 bits per heavy atom. The fraction of sp³-hybridized carbons (Fsp3) is 0.263. The normalized spacial score (nSPS) is 12.8. The first-order chi connectivity index (χ1) is 13.6. The zero-order chi connectivity index (χ0) is 19.5. The number of fused-ring (bicyclic) bond motifs is 2. The Morgan fingerprint density at radius 2 is 1.93 bits per heavy atom. The fourth-order valence-electron chi connectivity index (χ4n) is 2.81. The van der Waals surface area contributed by atoms with Gasteiger partial charge in [-0.2, -0.15) is 0 Å². The Bertz CT molecular complexity index is 1100. The van der Waals surface area contributed by atoms with Gasteiger partial charge >= 0.3 is 5.97 Å². The maximum absolute atomic E-state index is 12.4. The van der Waals surface area contributed by atoms with Gasteiger partial charge in [0.25, 0.3) is 5.56 Å². The molecule has 0 unspecified atom stereocenters. The molecule has 0 fully saturated rings. The quantitative estimate of drug-likeness (QED) is 0.556. The first-order valence-electron chi connectivity index (χ1n) is 8.68. The second-order valence-corrected chi connectivity index (χ2v) is 6.99. The van der Waals surface area contributed by atoms with Crippen molar-refractivity contribution in [3.8, 4) is 11.5 Å². The highest BCUT2D eigenvalue weighted by molar-refractivity contribution is 9.10. The zero-order valence-corrected chi connectivity index (χ0v) is 16.3. The highest BCUT2D eigenvalue weighted by atomic mass is 79.9. The number of ether oxygens (including phenoxy) is 3. The Morgan fingerprint density at radius 3 is 2.75 bits per heavy atom. The first kappa shape index (κ1) is 18.4. The van der Waals surface area contributed by atoms with E-state index in [1.807, 2.05) is 0 Å². The van der Waals surface area contributed by atoms with Crippen LogP contribution in [0.25, 0.3) is 10.9 Å². The Hall–Kier alpha value is -2.94. The van der Waals surface area contributed by atoms with Crippen LogP contribution in [-0.4, -0.2) is 34.2 Å². The Labute approximate surface area is 168 Å². The lowest BCUT2D eigenvalue weighted by Gasteiger charge is -2.19. The highest BCUT2D eigenvalue weighted by Crippen LogP contribution is 2.35. The molecule has 0 amide bonds. The van der Waals surface area contributed by atoms with Crippen LogP contribution in [0.4, 0.5) is 0 Å². The Balaban J connectivity index is 1.38. The highest BCUT2D eigenvalue weighted by Gasteiger charge is 2.16. The van der Waals surface area contributed by atoms with E-state index in [4.69, 9.17) is 14.2 Å². The predicted octanol–water partition coefficient (Wildman–Crippen LogP) is 2.46. The second-order valence-electron chi connectivity index (χ2n) is 6.13. The minimum absolute atomic E-state index is 0.00903. The third-order valence-electron chi connectivity index (χ3n) is 4.26. The van der Waals surface area contributed by atoms with Crippen molar-refractivity contribution in [2.45, 2.75) is 19.6 Å². The molecule has 0 N–H and O–H groups in total. The van der Waals surface area contributed by atoms with Crippen molar-refractivity contribution in [1.82, 2.24) is 15.0 Å². The van der Waals surface area contributed by atoms with E-state index in [1.165, 1.54) is 4.68 Å². The summed E-state index contributed by atoms with van der Waals surface area (Å²) in [5.41, 5.74) is 1.00. The summed E-state index contributed by atoms with van der Waals surface area (Å²) in [7, 11) is 0. The molecule has 28 heavy (non-hydrogen) atoms. The van der Waals surface area contributed by atoms with Crippen LogP contribution in [0.5, 0.6) is 11.5 Å². The van der Waals surface area contributed by atoms with Crippen LogP contribution in [0, 0.1) is 0 Å². The first-order valence-corrected chi connectivity index (χ1v) is 9.47. The summed E-state index contributed by atoms with van der Waals surface area (Å²) in [5.74, 6) is 0.838. The number of benzene rings is 2. The number of rotatable bonds is 5. The number of nitrogens with zero attached hydrogens (tertiary/aromatic N) is 3. The number of hydrogen-bond acceptors (Lipinski definition) is 7. The minimum Gasteiger partial charge on any atom is -0.486 e. The molecular weight excluding hydrogens is 430 g/mol. The predicted molar refractivity (Wildman–Crippen MR) is 103 cm³/mol. The molecular formula is C19H16BrN3O5. The summed E-state index contributed by atoms with van der Waals surface area (Å²) < 4.78 is 18.3. The van der Waals surface area contributed by atoms with E-state index >= 15 is 0 Å². The number of aromatic nitrogens is 3. The molecule has 9 heteroatoms. The third kappa shape index (κ3) is 3.84. The van der Waals surface area contributed by atoms with Crippen LogP contribution in [0.3, 0.4) is 0 Å². The van der Waals surface area contributed by atoms with Crippen molar-refractivity contribution >= 4 is 32.8 Å². The number of esters is 1. The van der Waals surface area contributed by atoms with Gasteiger partial charge in [-0.05, 0) is 24.3 Å². The van der Waals surface area contributed by atoms with E-state index in [1.54, 1.807) is 36.4 Å². The maximum atomic E-state index is 12.4. The molecule has 0 spiro atoms. The van der Waals surface area contributed by atoms with Gasteiger partial charge in [-0.1, -0.05) is 33.3 Å². The number of hydrogen-bond donors (Lipinski definition) is 0. The maximum Gasteiger partial charge on any atom is 0.308 e. The number of carbonyl (C=O) groups excluding carboxylic acids is 1.